The van der Waals surface area contributed by atoms with E-state index in [0.29, 0.717) is 16.4 Å². The van der Waals surface area contributed by atoms with Crippen LogP contribution in [0.25, 0.3) is 11.4 Å². The van der Waals surface area contributed by atoms with E-state index in [9.17, 15) is 9.59 Å². The van der Waals surface area contributed by atoms with E-state index in [1.807, 2.05) is 42.7 Å². The van der Waals surface area contributed by atoms with Gasteiger partial charge in [-0.05, 0) is 57.2 Å². The Morgan fingerprint density at radius 1 is 1.10 bits per heavy atom. The lowest BCUT2D eigenvalue weighted by Crippen LogP contribution is -2.16. The number of hydrogen-bond donors (Lipinski definition) is 1. The van der Waals surface area contributed by atoms with Crippen molar-refractivity contribution in [3.63, 3.8) is 0 Å². The Morgan fingerprint density at radius 2 is 1.80 bits per heavy atom. The van der Waals surface area contributed by atoms with Crippen LogP contribution in [0.1, 0.15) is 37.2 Å². The number of ether oxygens (including phenoxy) is 1. The topological polar surface area (TPSA) is 86.1 Å². The number of Topliss-reactive ketones (excluding diaryl/α,β-unsaturated/α-hetero) is 1. The molecule has 0 unspecified atom stereocenters. The fourth-order valence-corrected chi connectivity index (χ4v) is 3.86. The van der Waals surface area contributed by atoms with Gasteiger partial charge >= 0.3 is 0 Å². The van der Waals surface area contributed by atoms with Gasteiger partial charge in [0.1, 0.15) is 5.75 Å². The van der Waals surface area contributed by atoms with Gasteiger partial charge in [-0.2, -0.15) is 0 Å². The van der Waals surface area contributed by atoms with Crippen LogP contribution in [0, 0.1) is 0 Å². The number of anilines is 1. The number of ketones is 1. The van der Waals surface area contributed by atoms with Crippen molar-refractivity contribution in [2.75, 3.05) is 18.2 Å². The zero-order chi connectivity index (χ0) is 21.7. The number of rotatable bonds is 8. The third kappa shape index (κ3) is 4.88. The summed E-state index contributed by atoms with van der Waals surface area (Å²) in [6, 6.07) is 14.7. The van der Waals surface area contributed by atoms with Gasteiger partial charge in [0.25, 0.3) is 0 Å². The van der Waals surface area contributed by atoms with Crippen LogP contribution in [0.5, 0.6) is 5.75 Å². The maximum Gasteiger partial charge on any atom is 0.234 e. The summed E-state index contributed by atoms with van der Waals surface area (Å²) in [7, 11) is 1.63. The molecule has 0 aliphatic heterocycles. The highest BCUT2D eigenvalue weighted by atomic mass is 32.2. The van der Waals surface area contributed by atoms with Gasteiger partial charge in [0.05, 0.1) is 18.6 Å². The first-order valence-corrected chi connectivity index (χ1v) is 10.5. The predicted octanol–water partition coefficient (Wildman–Crippen LogP) is 4.47. The molecule has 1 N–H and O–H groups in total. The van der Waals surface area contributed by atoms with Crippen molar-refractivity contribution in [2.45, 2.75) is 32.0 Å². The van der Waals surface area contributed by atoms with Crippen LogP contribution in [0.2, 0.25) is 0 Å². The van der Waals surface area contributed by atoms with Crippen molar-refractivity contribution >= 4 is 29.1 Å². The molecule has 0 saturated carbocycles. The Hall–Kier alpha value is -3.13. The maximum atomic E-state index is 12.5. The molecule has 30 heavy (non-hydrogen) atoms. The first-order valence-electron chi connectivity index (χ1n) is 9.52. The lowest BCUT2D eigenvalue weighted by molar-refractivity contribution is -0.113. The molecule has 0 radical (unpaired) electrons. The number of nitrogens with one attached hydrogen (secondary N) is 1. The van der Waals surface area contributed by atoms with Gasteiger partial charge in [-0.25, -0.2) is 0 Å². The van der Waals surface area contributed by atoms with Gasteiger partial charge in [0, 0.05) is 17.2 Å². The van der Waals surface area contributed by atoms with Gasteiger partial charge < -0.3 is 10.1 Å². The van der Waals surface area contributed by atoms with E-state index in [0.717, 1.165) is 17.1 Å². The Kier molecular flexibility index (Phi) is 6.89. The molecule has 2 aromatic carbocycles. The molecule has 0 fully saturated rings. The van der Waals surface area contributed by atoms with E-state index >= 15 is 0 Å². The van der Waals surface area contributed by atoms with Crippen molar-refractivity contribution in [1.82, 2.24) is 14.8 Å². The molecule has 0 spiro atoms. The molecule has 0 atom stereocenters. The monoisotopic (exact) mass is 424 g/mol. The highest BCUT2D eigenvalue weighted by Crippen LogP contribution is 2.29. The van der Waals surface area contributed by atoms with Crippen molar-refractivity contribution in [3.8, 4) is 17.1 Å². The fourth-order valence-electron chi connectivity index (χ4n) is 2.99. The third-order valence-corrected chi connectivity index (χ3v) is 5.39. The molecule has 7 nitrogen and oxygen atoms in total. The first-order chi connectivity index (χ1) is 14.4. The van der Waals surface area contributed by atoms with Crippen LogP contribution in [-0.2, 0) is 4.79 Å². The minimum atomic E-state index is -0.210. The zero-order valence-electron chi connectivity index (χ0n) is 17.4. The van der Waals surface area contributed by atoms with Crippen LogP contribution >= 0.6 is 11.8 Å². The van der Waals surface area contributed by atoms with Crippen molar-refractivity contribution in [2.24, 2.45) is 0 Å². The third-order valence-electron chi connectivity index (χ3n) is 4.44. The molecule has 3 rings (SSSR count). The Bertz CT molecular complexity index is 1040. The number of methoxy groups -OCH3 is 1. The highest BCUT2D eigenvalue weighted by molar-refractivity contribution is 7.99. The minimum absolute atomic E-state index is 0.0952. The van der Waals surface area contributed by atoms with Gasteiger partial charge in [-0.1, -0.05) is 23.9 Å². The maximum absolute atomic E-state index is 12.5. The van der Waals surface area contributed by atoms with Crippen molar-refractivity contribution in [1.29, 1.82) is 0 Å². The van der Waals surface area contributed by atoms with Gasteiger partial charge in [0.2, 0.25) is 5.91 Å². The largest absolute Gasteiger partial charge is 0.497 e. The van der Waals surface area contributed by atoms with E-state index < -0.39 is 0 Å². The summed E-state index contributed by atoms with van der Waals surface area (Å²) < 4.78 is 7.22. The Labute approximate surface area is 179 Å². The van der Waals surface area contributed by atoms with Crippen molar-refractivity contribution < 1.29 is 14.3 Å². The number of carbonyl (C=O) groups excluding carboxylic acids is 2. The lowest BCUT2D eigenvalue weighted by atomic mass is 10.1. The summed E-state index contributed by atoms with van der Waals surface area (Å²) in [5.41, 5.74) is 1.92. The Morgan fingerprint density at radius 3 is 2.43 bits per heavy atom. The number of hydrogen-bond acceptors (Lipinski definition) is 6. The molecular weight excluding hydrogens is 400 g/mol. The standard InChI is InChI=1S/C22H24N4O3S/c1-14(2)26-21(16-9-11-17(29-4)12-10-16)24-25-22(26)30-13-20(28)23-19-8-6-5-7-18(19)15(3)27/h5-12,14H,13H2,1-4H3,(H,23,28). The molecule has 0 bridgehead atoms. The smallest absolute Gasteiger partial charge is 0.234 e. The summed E-state index contributed by atoms with van der Waals surface area (Å²) in [6.45, 7) is 5.57. The van der Waals surface area contributed by atoms with Gasteiger partial charge in [-0.3, -0.25) is 14.2 Å². The van der Waals surface area contributed by atoms with Crippen LogP contribution in [0.4, 0.5) is 5.69 Å². The molecule has 8 heteroatoms. The van der Waals surface area contributed by atoms with Crippen LogP contribution in [0.15, 0.2) is 53.7 Å². The number of aromatic nitrogens is 3. The highest BCUT2D eigenvalue weighted by Gasteiger charge is 2.18. The fraction of sp³-hybridized carbons (Fsp3) is 0.273. The summed E-state index contributed by atoms with van der Waals surface area (Å²) in [5.74, 6) is 1.35. The first kappa shape index (κ1) is 21.6. The predicted molar refractivity (Wildman–Crippen MR) is 118 cm³/mol. The second kappa shape index (κ2) is 9.58. The molecule has 1 aromatic heterocycles. The van der Waals surface area contributed by atoms with E-state index in [-0.39, 0.29) is 23.5 Å². The van der Waals surface area contributed by atoms with Crippen LogP contribution in [0.3, 0.4) is 0 Å². The zero-order valence-corrected chi connectivity index (χ0v) is 18.2. The molecule has 156 valence electrons. The number of amides is 1. The molecule has 1 amide bonds. The number of benzene rings is 2. The summed E-state index contributed by atoms with van der Waals surface area (Å²) in [5, 5.41) is 12.1. The normalized spacial score (nSPS) is 10.8. The second-order valence-electron chi connectivity index (χ2n) is 6.94. The quantitative estimate of drug-likeness (QED) is 0.424. The van der Waals surface area contributed by atoms with E-state index in [4.69, 9.17) is 4.74 Å². The molecule has 0 aliphatic carbocycles. The van der Waals surface area contributed by atoms with E-state index in [2.05, 4.69) is 15.5 Å². The number of para-hydroxylation sites is 1. The molecule has 1 heterocycles. The minimum Gasteiger partial charge on any atom is -0.497 e. The van der Waals surface area contributed by atoms with Gasteiger partial charge in [0.15, 0.2) is 16.8 Å². The average Bonchev–Trinajstić information content (AvgIpc) is 3.17. The number of carbonyl (C=O) groups is 2. The van der Waals surface area contributed by atoms with E-state index in [1.54, 1.807) is 31.4 Å². The summed E-state index contributed by atoms with van der Waals surface area (Å²) in [6.07, 6.45) is 0. The molecule has 3 aromatic rings. The molecular formula is C22H24N4O3S. The van der Waals surface area contributed by atoms with Crippen LogP contribution in [-0.4, -0.2) is 39.3 Å². The lowest BCUT2D eigenvalue weighted by Gasteiger charge is -2.14. The SMILES string of the molecule is COc1ccc(-c2nnc(SCC(=O)Nc3ccccc3C(C)=O)n2C(C)C)cc1. The van der Waals surface area contributed by atoms with Crippen molar-refractivity contribution in [3.05, 3.63) is 54.1 Å². The summed E-state index contributed by atoms with van der Waals surface area (Å²) in [4.78, 5) is 24.2. The molecule has 0 saturated heterocycles. The van der Waals surface area contributed by atoms with E-state index in [1.165, 1.54) is 18.7 Å². The van der Waals surface area contributed by atoms with Gasteiger partial charge in [-0.15, -0.1) is 10.2 Å². The second-order valence-corrected chi connectivity index (χ2v) is 7.88. The number of nitrogens with zero attached hydrogens (tertiary/aromatic N) is 3. The Balaban J connectivity index is 1.75. The average molecular weight is 425 g/mol. The molecule has 0 aliphatic rings. The summed E-state index contributed by atoms with van der Waals surface area (Å²) >= 11 is 1.31. The number of thioether (sulfide) groups is 1. The van der Waals surface area contributed by atoms with Crippen LogP contribution < -0.4 is 10.1 Å².